The second kappa shape index (κ2) is 4.94. The first-order chi connectivity index (χ1) is 8.43. The van der Waals surface area contributed by atoms with Crippen molar-refractivity contribution in [1.29, 1.82) is 0 Å². The van der Waals surface area contributed by atoms with Crippen LogP contribution in [0.15, 0.2) is 45.9 Å². The van der Waals surface area contributed by atoms with Crippen molar-refractivity contribution in [3.8, 4) is 0 Å². The van der Waals surface area contributed by atoms with Gasteiger partial charge in [0, 0.05) is 17.0 Å². The van der Waals surface area contributed by atoms with E-state index in [1.54, 1.807) is 6.20 Å². The minimum Gasteiger partial charge on any atom is -0.360 e. The normalized spacial score (nSPS) is 18.9. The van der Waals surface area contributed by atoms with Crippen LogP contribution in [0.4, 0.5) is 0 Å². The van der Waals surface area contributed by atoms with Crippen LogP contribution in [0.2, 0.25) is 0 Å². The third-order valence-electron chi connectivity index (χ3n) is 2.97. The van der Waals surface area contributed by atoms with Gasteiger partial charge in [0.1, 0.15) is 5.76 Å². The number of benzene rings is 1. The maximum Gasteiger partial charge on any atom is 0.150 e. The first-order valence-electron chi connectivity index (χ1n) is 5.78. The topological polar surface area (TPSA) is 38.1 Å². The van der Waals surface area contributed by atoms with Gasteiger partial charge in [-0.2, -0.15) is 0 Å². The third kappa shape index (κ3) is 2.37. The Balaban J connectivity index is 1.72. The standard InChI is InChI=1S/C13H14N2OS/c1-2-4-13-11(3-1)12(6-8-17-13)14-9-10-5-7-15-16-10/h1-5,7,12,14H,6,8-9H2. The summed E-state index contributed by atoms with van der Waals surface area (Å²) in [5, 5.41) is 7.24. The summed E-state index contributed by atoms with van der Waals surface area (Å²) in [5.74, 6) is 2.06. The molecule has 0 bridgehead atoms. The van der Waals surface area contributed by atoms with Crippen molar-refractivity contribution in [1.82, 2.24) is 10.5 Å². The van der Waals surface area contributed by atoms with Crippen LogP contribution in [0.1, 0.15) is 23.8 Å². The van der Waals surface area contributed by atoms with Gasteiger partial charge in [-0.3, -0.25) is 0 Å². The van der Waals surface area contributed by atoms with Crippen molar-refractivity contribution >= 4 is 11.8 Å². The number of rotatable bonds is 3. The average Bonchev–Trinajstić information content (AvgIpc) is 2.89. The lowest BCUT2D eigenvalue weighted by Crippen LogP contribution is -2.23. The van der Waals surface area contributed by atoms with E-state index in [4.69, 9.17) is 4.52 Å². The first kappa shape index (κ1) is 10.9. The van der Waals surface area contributed by atoms with Crippen LogP contribution in [0, 0.1) is 0 Å². The molecule has 1 aromatic heterocycles. The lowest BCUT2D eigenvalue weighted by atomic mass is 10.0. The van der Waals surface area contributed by atoms with Crippen molar-refractivity contribution in [2.45, 2.75) is 23.9 Å². The lowest BCUT2D eigenvalue weighted by molar-refractivity contribution is 0.361. The van der Waals surface area contributed by atoms with Gasteiger partial charge < -0.3 is 9.84 Å². The fourth-order valence-electron chi connectivity index (χ4n) is 2.11. The van der Waals surface area contributed by atoms with Gasteiger partial charge in [0.15, 0.2) is 0 Å². The Morgan fingerprint density at radius 1 is 1.35 bits per heavy atom. The number of fused-ring (bicyclic) bond motifs is 1. The van der Waals surface area contributed by atoms with Crippen LogP contribution >= 0.6 is 11.8 Å². The summed E-state index contributed by atoms with van der Waals surface area (Å²) in [4.78, 5) is 1.40. The van der Waals surface area contributed by atoms with Gasteiger partial charge in [0.2, 0.25) is 0 Å². The van der Waals surface area contributed by atoms with Crippen molar-refractivity contribution in [2.75, 3.05) is 5.75 Å². The van der Waals surface area contributed by atoms with Crippen molar-refractivity contribution in [3.05, 3.63) is 47.9 Å². The summed E-state index contributed by atoms with van der Waals surface area (Å²) < 4.78 is 5.09. The van der Waals surface area contributed by atoms with Crippen LogP contribution in [0.3, 0.4) is 0 Å². The Hall–Kier alpha value is -1.26. The summed E-state index contributed by atoms with van der Waals surface area (Å²) >= 11 is 1.94. The highest BCUT2D eigenvalue weighted by atomic mass is 32.2. The highest BCUT2D eigenvalue weighted by molar-refractivity contribution is 7.99. The maximum absolute atomic E-state index is 5.09. The van der Waals surface area contributed by atoms with Gasteiger partial charge in [-0.25, -0.2) is 0 Å². The number of nitrogens with one attached hydrogen (secondary N) is 1. The molecule has 1 N–H and O–H groups in total. The second-order valence-electron chi connectivity index (χ2n) is 4.09. The Labute approximate surface area is 105 Å². The Kier molecular flexibility index (Phi) is 3.16. The van der Waals surface area contributed by atoms with Gasteiger partial charge in [-0.1, -0.05) is 23.4 Å². The SMILES string of the molecule is c1ccc2c(c1)SCCC2NCc1ccno1. The Morgan fingerprint density at radius 3 is 3.18 bits per heavy atom. The van der Waals surface area contributed by atoms with E-state index in [0.29, 0.717) is 6.04 Å². The predicted octanol–water partition coefficient (Wildman–Crippen LogP) is 3.00. The van der Waals surface area contributed by atoms with Gasteiger partial charge in [0.05, 0.1) is 12.7 Å². The molecule has 1 aromatic carbocycles. The molecular formula is C13H14N2OS. The number of aromatic nitrogens is 1. The van der Waals surface area contributed by atoms with E-state index >= 15 is 0 Å². The maximum atomic E-state index is 5.09. The third-order valence-corrected chi connectivity index (χ3v) is 4.10. The fraction of sp³-hybridized carbons (Fsp3) is 0.308. The molecule has 4 heteroatoms. The summed E-state index contributed by atoms with van der Waals surface area (Å²) in [6.07, 6.45) is 2.84. The molecule has 88 valence electrons. The molecule has 0 saturated carbocycles. The van der Waals surface area contributed by atoms with Gasteiger partial charge in [-0.05, 0) is 23.8 Å². The predicted molar refractivity (Wildman–Crippen MR) is 67.9 cm³/mol. The molecule has 1 unspecified atom stereocenters. The molecule has 0 spiro atoms. The quantitative estimate of drug-likeness (QED) is 0.903. The van der Waals surface area contributed by atoms with Crippen LogP contribution in [0.5, 0.6) is 0 Å². The Bertz CT molecular complexity index is 484. The van der Waals surface area contributed by atoms with E-state index in [1.807, 2.05) is 17.8 Å². The molecule has 17 heavy (non-hydrogen) atoms. The fourth-order valence-corrected chi connectivity index (χ4v) is 3.24. The number of hydrogen-bond acceptors (Lipinski definition) is 4. The number of hydrogen-bond donors (Lipinski definition) is 1. The minimum atomic E-state index is 0.428. The minimum absolute atomic E-state index is 0.428. The molecule has 1 aliphatic rings. The molecular weight excluding hydrogens is 232 g/mol. The second-order valence-corrected chi connectivity index (χ2v) is 5.22. The molecule has 0 saturated heterocycles. The van der Waals surface area contributed by atoms with Crippen LogP contribution in [-0.2, 0) is 6.54 Å². The van der Waals surface area contributed by atoms with Gasteiger partial charge in [-0.15, -0.1) is 11.8 Å². The monoisotopic (exact) mass is 246 g/mol. The van der Waals surface area contributed by atoms with Crippen molar-refractivity contribution < 1.29 is 4.52 Å². The smallest absolute Gasteiger partial charge is 0.150 e. The molecule has 0 aliphatic carbocycles. The molecule has 1 aliphatic heterocycles. The van der Waals surface area contributed by atoms with E-state index in [-0.39, 0.29) is 0 Å². The zero-order valence-corrected chi connectivity index (χ0v) is 10.2. The summed E-state index contributed by atoms with van der Waals surface area (Å²) in [7, 11) is 0. The molecule has 1 atom stereocenters. The molecule has 0 amide bonds. The highest BCUT2D eigenvalue weighted by Crippen LogP contribution is 2.35. The lowest BCUT2D eigenvalue weighted by Gasteiger charge is -2.25. The van der Waals surface area contributed by atoms with Crippen molar-refractivity contribution in [3.63, 3.8) is 0 Å². The number of nitrogens with zero attached hydrogens (tertiary/aromatic N) is 1. The van der Waals surface area contributed by atoms with Crippen LogP contribution < -0.4 is 5.32 Å². The van der Waals surface area contributed by atoms with E-state index in [0.717, 1.165) is 18.7 Å². The van der Waals surface area contributed by atoms with E-state index < -0.39 is 0 Å². The molecule has 2 heterocycles. The van der Waals surface area contributed by atoms with Gasteiger partial charge >= 0.3 is 0 Å². The zero-order chi connectivity index (χ0) is 11.5. The first-order valence-corrected chi connectivity index (χ1v) is 6.77. The molecule has 3 nitrogen and oxygen atoms in total. The molecule has 0 radical (unpaired) electrons. The summed E-state index contributed by atoms with van der Waals surface area (Å²) in [5.41, 5.74) is 1.41. The highest BCUT2D eigenvalue weighted by Gasteiger charge is 2.19. The summed E-state index contributed by atoms with van der Waals surface area (Å²) in [6, 6.07) is 10.9. The van der Waals surface area contributed by atoms with E-state index in [9.17, 15) is 0 Å². The number of thioether (sulfide) groups is 1. The van der Waals surface area contributed by atoms with Gasteiger partial charge in [0.25, 0.3) is 0 Å². The van der Waals surface area contributed by atoms with Crippen molar-refractivity contribution in [2.24, 2.45) is 0 Å². The van der Waals surface area contributed by atoms with E-state index in [2.05, 4.69) is 34.7 Å². The van der Waals surface area contributed by atoms with E-state index in [1.165, 1.54) is 16.2 Å². The summed E-state index contributed by atoms with van der Waals surface area (Å²) in [6.45, 7) is 0.740. The average molecular weight is 246 g/mol. The Morgan fingerprint density at radius 2 is 2.29 bits per heavy atom. The van der Waals surface area contributed by atoms with Crippen LogP contribution in [0.25, 0.3) is 0 Å². The molecule has 2 aromatic rings. The van der Waals surface area contributed by atoms with Crippen LogP contribution in [-0.4, -0.2) is 10.9 Å². The zero-order valence-electron chi connectivity index (χ0n) is 9.43. The molecule has 0 fully saturated rings. The molecule has 3 rings (SSSR count). The largest absolute Gasteiger partial charge is 0.360 e.